The maximum atomic E-state index is 6.35. The van der Waals surface area contributed by atoms with Gasteiger partial charge in [0.2, 0.25) is 0 Å². The Labute approximate surface area is 132 Å². The third-order valence-corrected chi connectivity index (χ3v) is 4.79. The van der Waals surface area contributed by atoms with E-state index >= 15 is 0 Å². The summed E-state index contributed by atoms with van der Waals surface area (Å²) >= 11 is 5.89. The van der Waals surface area contributed by atoms with Crippen LogP contribution in [-0.4, -0.2) is 26.2 Å². The van der Waals surface area contributed by atoms with Gasteiger partial charge in [-0.15, -0.1) is 11.6 Å². The van der Waals surface area contributed by atoms with Crippen LogP contribution in [0.4, 0.5) is 0 Å². The van der Waals surface area contributed by atoms with Crippen LogP contribution in [0.3, 0.4) is 0 Å². The van der Waals surface area contributed by atoms with Crippen LogP contribution in [0.5, 0.6) is 11.5 Å². The van der Waals surface area contributed by atoms with E-state index in [-0.39, 0.29) is 11.7 Å². The number of hydrogen-bond acceptors (Lipinski definition) is 3. The fourth-order valence-electron chi connectivity index (χ4n) is 3.23. The van der Waals surface area contributed by atoms with Crippen LogP contribution in [0.2, 0.25) is 0 Å². The Morgan fingerprint density at radius 2 is 1.95 bits per heavy atom. The molecule has 1 aliphatic rings. The van der Waals surface area contributed by atoms with E-state index < -0.39 is 0 Å². The van der Waals surface area contributed by atoms with Gasteiger partial charge in [-0.1, -0.05) is 6.92 Å². The number of rotatable bonds is 5. The first kappa shape index (κ1) is 16.4. The van der Waals surface area contributed by atoms with Crippen molar-refractivity contribution < 1.29 is 14.2 Å². The quantitative estimate of drug-likeness (QED) is 0.751. The molecule has 2 rings (SSSR count). The second-order valence-electron chi connectivity index (χ2n) is 5.93. The van der Waals surface area contributed by atoms with Crippen LogP contribution in [-0.2, 0) is 10.3 Å². The second kappa shape index (κ2) is 6.45. The molecule has 0 saturated heterocycles. The molecule has 21 heavy (non-hydrogen) atoms. The Balaban J connectivity index is 2.59. The van der Waals surface area contributed by atoms with Crippen molar-refractivity contribution >= 4 is 11.6 Å². The predicted octanol–water partition coefficient (Wildman–Crippen LogP) is 4.46. The fraction of sp³-hybridized carbons (Fsp3) is 0.647. The smallest absolute Gasteiger partial charge is 0.128 e. The molecule has 1 heterocycles. The molecule has 0 N–H and O–H groups in total. The molecular formula is C17H25ClO3. The normalized spacial score (nSPS) is 28.1. The molecule has 4 heteroatoms. The molecule has 1 aromatic carbocycles. The maximum Gasteiger partial charge on any atom is 0.128 e. The number of benzene rings is 1. The summed E-state index contributed by atoms with van der Waals surface area (Å²) in [7, 11) is 3.38. The summed E-state index contributed by atoms with van der Waals surface area (Å²) in [6.45, 7) is 6.44. The Kier molecular flexibility index (Phi) is 5.05. The number of hydrogen-bond donors (Lipinski definition) is 0. The lowest BCUT2D eigenvalue weighted by Crippen LogP contribution is -2.39. The van der Waals surface area contributed by atoms with Gasteiger partial charge in [0, 0.05) is 23.4 Å². The van der Waals surface area contributed by atoms with Crippen LogP contribution in [0.15, 0.2) is 12.1 Å². The molecule has 1 aliphatic heterocycles. The SMILES string of the molecule is COc1cc(OC)c2c(c1)C(C)C(C)OC2(C)CCCCl. The Bertz CT molecular complexity index is 503. The first-order valence-electron chi connectivity index (χ1n) is 7.47. The third-order valence-electron chi connectivity index (χ3n) is 4.52. The minimum atomic E-state index is -0.367. The summed E-state index contributed by atoms with van der Waals surface area (Å²) < 4.78 is 17.4. The zero-order valence-electron chi connectivity index (χ0n) is 13.5. The Morgan fingerprint density at radius 1 is 1.24 bits per heavy atom. The minimum Gasteiger partial charge on any atom is -0.497 e. The number of alkyl halides is 1. The van der Waals surface area contributed by atoms with E-state index in [2.05, 4.69) is 26.8 Å². The molecule has 0 spiro atoms. The van der Waals surface area contributed by atoms with Crippen LogP contribution in [0, 0.1) is 0 Å². The highest BCUT2D eigenvalue weighted by atomic mass is 35.5. The third kappa shape index (κ3) is 3.00. The fourth-order valence-corrected chi connectivity index (χ4v) is 3.36. The minimum absolute atomic E-state index is 0.148. The van der Waals surface area contributed by atoms with Gasteiger partial charge < -0.3 is 14.2 Å². The molecule has 0 aromatic heterocycles. The van der Waals surface area contributed by atoms with Crippen molar-refractivity contribution in [1.82, 2.24) is 0 Å². The van der Waals surface area contributed by atoms with Gasteiger partial charge in [0.05, 0.1) is 25.9 Å². The van der Waals surface area contributed by atoms with Crippen LogP contribution >= 0.6 is 11.6 Å². The van der Waals surface area contributed by atoms with E-state index in [4.69, 9.17) is 25.8 Å². The highest BCUT2D eigenvalue weighted by Crippen LogP contribution is 2.49. The lowest BCUT2D eigenvalue weighted by atomic mass is 9.78. The second-order valence-corrected chi connectivity index (χ2v) is 6.31. The predicted molar refractivity (Wildman–Crippen MR) is 85.8 cm³/mol. The molecule has 1 aromatic rings. The lowest BCUT2D eigenvalue weighted by molar-refractivity contribution is -0.108. The molecule has 118 valence electrons. The van der Waals surface area contributed by atoms with Gasteiger partial charge in [-0.2, -0.15) is 0 Å². The molecule has 0 radical (unpaired) electrons. The first-order valence-corrected chi connectivity index (χ1v) is 8.00. The van der Waals surface area contributed by atoms with Crippen molar-refractivity contribution in [2.45, 2.75) is 51.2 Å². The lowest BCUT2D eigenvalue weighted by Gasteiger charge is -2.43. The molecule has 0 bridgehead atoms. The average Bonchev–Trinajstić information content (AvgIpc) is 2.49. The van der Waals surface area contributed by atoms with E-state index in [0.717, 1.165) is 29.9 Å². The van der Waals surface area contributed by atoms with Gasteiger partial charge in [-0.25, -0.2) is 0 Å². The number of ether oxygens (including phenoxy) is 3. The number of halogens is 1. The standard InChI is InChI=1S/C17H25ClO3/c1-11-12(2)21-17(3,7-6-8-18)16-14(11)9-13(19-4)10-15(16)20-5/h9-12H,6-8H2,1-5H3. The Hall–Kier alpha value is -0.930. The van der Waals surface area contributed by atoms with Crippen LogP contribution in [0.1, 0.15) is 50.7 Å². The topological polar surface area (TPSA) is 27.7 Å². The van der Waals surface area contributed by atoms with Crippen molar-refractivity contribution in [1.29, 1.82) is 0 Å². The van der Waals surface area contributed by atoms with Crippen molar-refractivity contribution in [2.24, 2.45) is 0 Å². The van der Waals surface area contributed by atoms with Gasteiger partial charge in [0.25, 0.3) is 0 Å². The molecule has 0 amide bonds. The van der Waals surface area contributed by atoms with Gasteiger partial charge in [-0.3, -0.25) is 0 Å². The zero-order chi connectivity index (χ0) is 15.6. The molecule has 3 unspecified atom stereocenters. The van der Waals surface area contributed by atoms with Crippen molar-refractivity contribution in [2.75, 3.05) is 20.1 Å². The highest BCUT2D eigenvalue weighted by Gasteiger charge is 2.41. The van der Waals surface area contributed by atoms with Gasteiger partial charge in [0.1, 0.15) is 11.5 Å². The van der Waals surface area contributed by atoms with Crippen molar-refractivity contribution in [3.63, 3.8) is 0 Å². The zero-order valence-corrected chi connectivity index (χ0v) is 14.3. The molecular weight excluding hydrogens is 288 g/mol. The number of methoxy groups -OCH3 is 2. The Morgan fingerprint density at radius 3 is 2.52 bits per heavy atom. The van der Waals surface area contributed by atoms with Gasteiger partial charge in [0.15, 0.2) is 0 Å². The summed E-state index contributed by atoms with van der Waals surface area (Å²) in [5, 5.41) is 0. The monoisotopic (exact) mass is 312 g/mol. The van der Waals surface area contributed by atoms with E-state index in [0.29, 0.717) is 11.8 Å². The molecule has 3 nitrogen and oxygen atoms in total. The molecule has 0 saturated carbocycles. The molecule has 0 aliphatic carbocycles. The largest absolute Gasteiger partial charge is 0.497 e. The van der Waals surface area contributed by atoms with E-state index in [1.165, 1.54) is 5.56 Å². The summed E-state index contributed by atoms with van der Waals surface area (Å²) in [6.07, 6.45) is 1.94. The summed E-state index contributed by atoms with van der Waals surface area (Å²) in [5.74, 6) is 2.59. The van der Waals surface area contributed by atoms with E-state index in [1.807, 2.05) is 6.07 Å². The summed E-state index contributed by atoms with van der Waals surface area (Å²) in [4.78, 5) is 0. The first-order chi connectivity index (χ1) is 9.96. The van der Waals surface area contributed by atoms with Crippen LogP contribution in [0.25, 0.3) is 0 Å². The van der Waals surface area contributed by atoms with E-state index in [1.54, 1.807) is 14.2 Å². The van der Waals surface area contributed by atoms with Gasteiger partial charge >= 0.3 is 0 Å². The van der Waals surface area contributed by atoms with Crippen LogP contribution < -0.4 is 9.47 Å². The summed E-state index contributed by atoms with van der Waals surface area (Å²) in [5.41, 5.74) is 2.02. The molecule has 0 fully saturated rings. The highest BCUT2D eigenvalue weighted by molar-refractivity contribution is 6.17. The summed E-state index contributed by atoms with van der Waals surface area (Å²) in [6, 6.07) is 4.05. The average molecular weight is 313 g/mol. The van der Waals surface area contributed by atoms with Gasteiger partial charge in [-0.05, 0) is 38.3 Å². The maximum absolute atomic E-state index is 6.35. The van der Waals surface area contributed by atoms with Crippen molar-refractivity contribution in [3.8, 4) is 11.5 Å². The number of fused-ring (bicyclic) bond motifs is 1. The molecule has 3 atom stereocenters. The van der Waals surface area contributed by atoms with E-state index in [9.17, 15) is 0 Å². The van der Waals surface area contributed by atoms with Crippen molar-refractivity contribution in [3.05, 3.63) is 23.3 Å².